The van der Waals surface area contributed by atoms with Crippen molar-refractivity contribution in [2.75, 3.05) is 13.2 Å². The maximum Gasteiger partial charge on any atom is 0.283 e. The van der Waals surface area contributed by atoms with Crippen molar-refractivity contribution in [2.45, 2.75) is 46.3 Å². The minimum Gasteiger partial charge on any atom is -0.379 e. The van der Waals surface area contributed by atoms with Crippen LogP contribution in [0.15, 0.2) is 0 Å². The fourth-order valence-electron chi connectivity index (χ4n) is 1.65. The minimum atomic E-state index is -2.76. The zero-order valence-corrected chi connectivity index (χ0v) is 13.1. The van der Waals surface area contributed by atoms with E-state index >= 15 is 0 Å². The predicted octanol–water partition coefficient (Wildman–Crippen LogP) is 2.71. The van der Waals surface area contributed by atoms with Crippen molar-refractivity contribution in [3.05, 3.63) is 16.4 Å². The lowest BCUT2D eigenvalue weighted by Gasteiger charge is -2.09. The van der Waals surface area contributed by atoms with Crippen LogP contribution in [0.3, 0.4) is 0 Å². The number of hydrogen-bond donors (Lipinski definition) is 1. The second-order valence-electron chi connectivity index (χ2n) is 4.87. The number of ether oxygens (including phenoxy) is 1. The molecule has 21 heavy (non-hydrogen) atoms. The lowest BCUT2D eigenvalue weighted by atomic mass is 10.4. The third kappa shape index (κ3) is 5.59. The highest BCUT2D eigenvalue weighted by Gasteiger charge is 2.21. The van der Waals surface area contributed by atoms with Crippen LogP contribution in [0, 0.1) is 6.92 Å². The van der Waals surface area contributed by atoms with Crippen molar-refractivity contribution in [1.29, 1.82) is 0 Å². The molecule has 0 radical (unpaired) electrons. The molecular formula is C13H20ClF2N3O2. The molecular weight excluding hydrogens is 304 g/mol. The fourth-order valence-corrected chi connectivity index (χ4v) is 1.87. The van der Waals surface area contributed by atoms with Crippen molar-refractivity contribution < 1.29 is 18.3 Å². The zero-order chi connectivity index (χ0) is 16.0. The highest BCUT2D eigenvalue weighted by molar-refractivity contribution is 6.31. The molecule has 1 aromatic rings. The van der Waals surface area contributed by atoms with Crippen molar-refractivity contribution in [3.63, 3.8) is 0 Å². The molecule has 0 fully saturated rings. The Bertz CT molecular complexity index is 478. The van der Waals surface area contributed by atoms with E-state index in [1.807, 2.05) is 13.8 Å². The number of halogens is 3. The molecule has 1 heterocycles. The standard InChI is InChI=1S/C13H20ClF2N3O2/c1-8(2)21-6-4-5-17-10(20)7-19-9(3)11(14)12(18-19)13(15)16/h8,13H,4-7H2,1-3H3,(H,17,20). The average molecular weight is 324 g/mol. The van der Waals surface area contributed by atoms with Gasteiger partial charge in [-0.1, -0.05) is 11.6 Å². The summed E-state index contributed by atoms with van der Waals surface area (Å²) in [6, 6.07) is 0. The smallest absolute Gasteiger partial charge is 0.283 e. The molecule has 1 aromatic heterocycles. The van der Waals surface area contributed by atoms with E-state index in [9.17, 15) is 13.6 Å². The summed E-state index contributed by atoms with van der Waals surface area (Å²) in [4.78, 5) is 11.7. The fraction of sp³-hybridized carbons (Fsp3) is 0.692. The molecule has 0 saturated carbocycles. The Morgan fingerprint density at radius 3 is 2.67 bits per heavy atom. The first-order valence-electron chi connectivity index (χ1n) is 6.72. The maximum absolute atomic E-state index is 12.6. The Morgan fingerprint density at radius 2 is 2.14 bits per heavy atom. The number of carbonyl (C=O) groups is 1. The largest absolute Gasteiger partial charge is 0.379 e. The van der Waals surface area contributed by atoms with Crippen LogP contribution in [0.1, 0.15) is 38.1 Å². The van der Waals surface area contributed by atoms with Crippen LogP contribution >= 0.6 is 11.6 Å². The lowest BCUT2D eigenvalue weighted by molar-refractivity contribution is -0.121. The normalized spacial score (nSPS) is 11.4. The number of rotatable bonds is 8. The molecule has 0 atom stereocenters. The monoisotopic (exact) mass is 323 g/mol. The van der Waals surface area contributed by atoms with Crippen molar-refractivity contribution in [2.24, 2.45) is 0 Å². The predicted molar refractivity (Wildman–Crippen MR) is 75.6 cm³/mol. The van der Waals surface area contributed by atoms with E-state index in [1.165, 1.54) is 4.68 Å². The number of alkyl halides is 2. The van der Waals surface area contributed by atoms with Crippen molar-refractivity contribution in [1.82, 2.24) is 15.1 Å². The summed E-state index contributed by atoms with van der Waals surface area (Å²) >= 11 is 5.76. The average Bonchev–Trinajstić information content (AvgIpc) is 2.66. The second kappa shape index (κ2) is 8.29. The molecule has 0 unspecified atom stereocenters. The van der Waals surface area contributed by atoms with E-state index in [1.54, 1.807) is 6.92 Å². The quantitative estimate of drug-likeness (QED) is 0.748. The molecule has 0 aliphatic heterocycles. The van der Waals surface area contributed by atoms with E-state index < -0.39 is 12.1 Å². The minimum absolute atomic E-state index is 0.0943. The van der Waals surface area contributed by atoms with E-state index in [0.717, 1.165) is 0 Å². The molecule has 0 spiro atoms. The molecule has 5 nitrogen and oxygen atoms in total. The van der Waals surface area contributed by atoms with Gasteiger partial charge >= 0.3 is 0 Å². The van der Waals surface area contributed by atoms with Gasteiger partial charge in [0.2, 0.25) is 5.91 Å². The van der Waals surface area contributed by atoms with Crippen molar-refractivity contribution in [3.8, 4) is 0 Å². The highest BCUT2D eigenvalue weighted by atomic mass is 35.5. The number of nitrogens with one attached hydrogen (secondary N) is 1. The van der Waals surface area contributed by atoms with Gasteiger partial charge in [0.25, 0.3) is 6.43 Å². The zero-order valence-electron chi connectivity index (χ0n) is 12.3. The van der Waals surface area contributed by atoms with Gasteiger partial charge in [0, 0.05) is 13.2 Å². The maximum atomic E-state index is 12.6. The Hall–Kier alpha value is -1.21. The molecule has 0 bridgehead atoms. The molecule has 8 heteroatoms. The van der Waals surface area contributed by atoms with Crippen LogP contribution in [0.5, 0.6) is 0 Å². The second-order valence-corrected chi connectivity index (χ2v) is 5.24. The lowest BCUT2D eigenvalue weighted by Crippen LogP contribution is -2.30. The third-order valence-electron chi connectivity index (χ3n) is 2.75. The summed E-state index contributed by atoms with van der Waals surface area (Å²) in [6.07, 6.45) is -1.92. The number of amides is 1. The van der Waals surface area contributed by atoms with Gasteiger partial charge in [-0.25, -0.2) is 8.78 Å². The number of nitrogens with zero attached hydrogens (tertiary/aromatic N) is 2. The van der Waals surface area contributed by atoms with Gasteiger partial charge in [-0.05, 0) is 27.2 Å². The van der Waals surface area contributed by atoms with Gasteiger partial charge < -0.3 is 10.1 Å². The van der Waals surface area contributed by atoms with E-state index in [-0.39, 0.29) is 23.6 Å². The molecule has 0 saturated heterocycles. The summed E-state index contributed by atoms with van der Waals surface area (Å²) in [7, 11) is 0. The first-order chi connectivity index (χ1) is 9.82. The number of carbonyl (C=O) groups excluding carboxylic acids is 1. The Balaban J connectivity index is 2.43. The number of hydrogen-bond acceptors (Lipinski definition) is 3. The molecule has 0 aliphatic carbocycles. The Morgan fingerprint density at radius 1 is 1.48 bits per heavy atom. The molecule has 120 valence electrons. The summed E-state index contributed by atoms with van der Waals surface area (Å²) in [6.45, 7) is 6.29. The highest BCUT2D eigenvalue weighted by Crippen LogP contribution is 2.28. The van der Waals surface area contributed by atoms with Gasteiger partial charge in [0.05, 0.1) is 16.8 Å². The van der Waals surface area contributed by atoms with Crippen LogP contribution in [0.2, 0.25) is 5.02 Å². The molecule has 0 aromatic carbocycles. The third-order valence-corrected chi connectivity index (χ3v) is 3.22. The van der Waals surface area contributed by atoms with Crippen LogP contribution < -0.4 is 5.32 Å². The van der Waals surface area contributed by atoms with E-state index in [2.05, 4.69) is 10.4 Å². The van der Waals surface area contributed by atoms with Crippen LogP contribution in [-0.4, -0.2) is 34.9 Å². The van der Waals surface area contributed by atoms with Crippen LogP contribution in [-0.2, 0) is 16.1 Å². The number of aromatic nitrogens is 2. The van der Waals surface area contributed by atoms with E-state index in [4.69, 9.17) is 16.3 Å². The summed E-state index contributed by atoms with van der Waals surface area (Å²) < 4.78 is 31.8. The van der Waals surface area contributed by atoms with Gasteiger partial charge in [-0.15, -0.1) is 0 Å². The first kappa shape index (κ1) is 17.8. The molecule has 1 N–H and O–H groups in total. The summed E-state index contributed by atoms with van der Waals surface area (Å²) in [5.41, 5.74) is -0.141. The molecule has 1 amide bonds. The topological polar surface area (TPSA) is 56.2 Å². The van der Waals surface area contributed by atoms with Crippen LogP contribution in [0.4, 0.5) is 8.78 Å². The molecule has 0 aliphatic rings. The van der Waals surface area contributed by atoms with Crippen molar-refractivity contribution >= 4 is 17.5 Å². The Kier molecular flexibility index (Phi) is 7.04. The summed E-state index contributed by atoms with van der Waals surface area (Å²) in [5, 5.41) is 6.25. The van der Waals surface area contributed by atoms with Gasteiger partial charge in [0.1, 0.15) is 12.2 Å². The Labute approximate surface area is 127 Å². The van der Waals surface area contributed by atoms with E-state index in [0.29, 0.717) is 25.3 Å². The van der Waals surface area contributed by atoms with Crippen LogP contribution in [0.25, 0.3) is 0 Å². The van der Waals surface area contributed by atoms with Gasteiger partial charge in [-0.2, -0.15) is 5.10 Å². The summed E-state index contributed by atoms with van der Waals surface area (Å²) in [5.74, 6) is -0.303. The molecule has 1 rings (SSSR count). The van der Waals surface area contributed by atoms with Gasteiger partial charge in [0.15, 0.2) is 0 Å². The van der Waals surface area contributed by atoms with Gasteiger partial charge in [-0.3, -0.25) is 9.48 Å². The SMILES string of the molecule is Cc1c(Cl)c(C(F)F)nn1CC(=O)NCCCOC(C)C. The first-order valence-corrected chi connectivity index (χ1v) is 7.10.